The topological polar surface area (TPSA) is 70.7 Å². The Bertz CT molecular complexity index is 642. The number of halogens is 3. The number of aromatic amines is 1. The summed E-state index contributed by atoms with van der Waals surface area (Å²) in [5.74, 6) is -4.31. The maximum Gasteiger partial charge on any atom is 0.295 e. The highest BCUT2D eigenvalue weighted by molar-refractivity contribution is 6.01. The van der Waals surface area contributed by atoms with Crippen molar-refractivity contribution in [3.63, 3.8) is 0 Å². The van der Waals surface area contributed by atoms with Gasteiger partial charge in [0.2, 0.25) is 5.82 Å². The van der Waals surface area contributed by atoms with E-state index < -0.39 is 29.0 Å². The SMILES string of the molecule is CCCc1nc(C(=O)Nc2cc(F)cc(F)c2F)n[nH]1. The lowest BCUT2D eigenvalue weighted by atomic mass is 10.2. The molecule has 2 rings (SSSR count). The second-order valence-corrected chi connectivity index (χ2v) is 4.06. The number of aromatic nitrogens is 3. The Balaban J connectivity index is 2.18. The van der Waals surface area contributed by atoms with Crippen LogP contribution in [0, 0.1) is 17.5 Å². The van der Waals surface area contributed by atoms with Crippen LogP contribution in [0.1, 0.15) is 29.8 Å². The van der Waals surface area contributed by atoms with Crippen LogP contribution >= 0.6 is 0 Å². The highest BCUT2D eigenvalue weighted by atomic mass is 19.2. The minimum Gasteiger partial charge on any atom is -0.316 e. The van der Waals surface area contributed by atoms with Gasteiger partial charge >= 0.3 is 0 Å². The maximum absolute atomic E-state index is 13.4. The lowest BCUT2D eigenvalue weighted by Crippen LogP contribution is -2.15. The Morgan fingerprint density at radius 3 is 2.80 bits per heavy atom. The summed E-state index contributed by atoms with van der Waals surface area (Å²) in [4.78, 5) is 15.6. The third-order valence-electron chi connectivity index (χ3n) is 2.46. The number of anilines is 1. The molecule has 0 saturated carbocycles. The van der Waals surface area contributed by atoms with Gasteiger partial charge in [-0.05, 0) is 6.42 Å². The van der Waals surface area contributed by atoms with Crippen molar-refractivity contribution in [3.05, 3.63) is 41.2 Å². The first-order chi connectivity index (χ1) is 9.51. The molecule has 0 atom stereocenters. The fourth-order valence-corrected chi connectivity index (χ4v) is 1.57. The predicted octanol–water partition coefficient (Wildman–Crippen LogP) is 2.43. The summed E-state index contributed by atoms with van der Waals surface area (Å²) in [6, 6.07) is 1.06. The molecule has 106 valence electrons. The van der Waals surface area contributed by atoms with Gasteiger partial charge in [0.1, 0.15) is 11.6 Å². The van der Waals surface area contributed by atoms with Gasteiger partial charge in [-0.25, -0.2) is 18.2 Å². The van der Waals surface area contributed by atoms with E-state index in [1.807, 2.05) is 12.2 Å². The molecule has 8 heteroatoms. The number of nitrogens with zero attached hydrogens (tertiary/aromatic N) is 2. The Labute approximate surface area is 112 Å². The third-order valence-corrected chi connectivity index (χ3v) is 2.46. The number of hydrogen-bond donors (Lipinski definition) is 2. The van der Waals surface area contributed by atoms with E-state index in [4.69, 9.17) is 0 Å². The van der Waals surface area contributed by atoms with E-state index in [9.17, 15) is 18.0 Å². The van der Waals surface area contributed by atoms with Crippen LogP contribution in [0.2, 0.25) is 0 Å². The highest BCUT2D eigenvalue weighted by Crippen LogP contribution is 2.19. The van der Waals surface area contributed by atoms with Gasteiger partial charge in [0.25, 0.3) is 5.91 Å². The minimum atomic E-state index is -1.39. The van der Waals surface area contributed by atoms with Crippen molar-refractivity contribution in [2.24, 2.45) is 0 Å². The molecule has 0 radical (unpaired) electrons. The summed E-state index contributed by atoms with van der Waals surface area (Å²) in [7, 11) is 0. The lowest BCUT2D eigenvalue weighted by molar-refractivity contribution is 0.101. The van der Waals surface area contributed by atoms with Gasteiger partial charge in [-0.15, -0.1) is 5.10 Å². The number of aryl methyl sites for hydroxylation is 1. The number of carbonyl (C=O) groups is 1. The zero-order chi connectivity index (χ0) is 14.7. The number of nitrogens with one attached hydrogen (secondary N) is 2. The summed E-state index contributed by atoms with van der Waals surface area (Å²) in [5, 5.41) is 8.22. The van der Waals surface area contributed by atoms with Crippen LogP contribution in [0.25, 0.3) is 0 Å². The fourth-order valence-electron chi connectivity index (χ4n) is 1.57. The molecule has 0 fully saturated rings. The van der Waals surface area contributed by atoms with Crippen LogP contribution in [0.5, 0.6) is 0 Å². The first kappa shape index (κ1) is 14.0. The van der Waals surface area contributed by atoms with Gasteiger partial charge in [0.15, 0.2) is 11.6 Å². The average molecular weight is 284 g/mol. The first-order valence-corrected chi connectivity index (χ1v) is 5.88. The molecule has 0 aliphatic rings. The summed E-state index contributed by atoms with van der Waals surface area (Å²) in [6.07, 6.45) is 1.41. The van der Waals surface area contributed by atoms with E-state index in [-0.39, 0.29) is 5.82 Å². The van der Waals surface area contributed by atoms with Crippen LogP contribution in [-0.2, 0) is 6.42 Å². The molecular formula is C12H11F3N4O. The smallest absolute Gasteiger partial charge is 0.295 e. The minimum absolute atomic E-state index is 0.225. The fraction of sp³-hybridized carbons (Fsp3) is 0.250. The van der Waals surface area contributed by atoms with Gasteiger partial charge in [0.05, 0.1) is 5.69 Å². The molecule has 2 aromatic rings. The van der Waals surface area contributed by atoms with Crippen molar-refractivity contribution in [1.82, 2.24) is 15.2 Å². The number of hydrogen-bond acceptors (Lipinski definition) is 3. The number of benzene rings is 1. The van der Waals surface area contributed by atoms with E-state index in [2.05, 4.69) is 15.2 Å². The van der Waals surface area contributed by atoms with E-state index in [0.717, 1.165) is 6.42 Å². The molecule has 1 aromatic heterocycles. The molecule has 20 heavy (non-hydrogen) atoms. The number of H-pyrrole nitrogens is 1. The van der Waals surface area contributed by atoms with Gasteiger partial charge in [-0.1, -0.05) is 6.92 Å². The molecule has 0 bridgehead atoms. The number of rotatable bonds is 4. The molecule has 1 aromatic carbocycles. The van der Waals surface area contributed by atoms with Gasteiger partial charge in [-0.3, -0.25) is 9.89 Å². The van der Waals surface area contributed by atoms with E-state index in [1.165, 1.54) is 0 Å². The van der Waals surface area contributed by atoms with Crippen LogP contribution in [0.15, 0.2) is 12.1 Å². The van der Waals surface area contributed by atoms with Gasteiger partial charge in [-0.2, -0.15) is 0 Å². The first-order valence-electron chi connectivity index (χ1n) is 5.88. The van der Waals surface area contributed by atoms with Crippen molar-refractivity contribution in [1.29, 1.82) is 0 Å². The molecule has 0 saturated heterocycles. The lowest BCUT2D eigenvalue weighted by Gasteiger charge is -2.05. The summed E-state index contributed by atoms with van der Waals surface area (Å²) in [5.41, 5.74) is -0.602. The van der Waals surface area contributed by atoms with E-state index in [1.54, 1.807) is 0 Å². The Hall–Kier alpha value is -2.38. The van der Waals surface area contributed by atoms with E-state index >= 15 is 0 Å². The monoisotopic (exact) mass is 284 g/mol. The van der Waals surface area contributed by atoms with Crippen molar-refractivity contribution in [2.45, 2.75) is 19.8 Å². The van der Waals surface area contributed by atoms with Crippen molar-refractivity contribution in [2.75, 3.05) is 5.32 Å². The Kier molecular flexibility index (Phi) is 4.02. The Morgan fingerprint density at radius 2 is 2.10 bits per heavy atom. The van der Waals surface area contributed by atoms with Gasteiger partial charge < -0.3 is 5.32 Å². The Morgan fingerprint density at radius 1 is 1.35 bits per heavy atom. The molecule has 5 nitrogen and oxygen atoms in total. The molecule has 0 spiro atoms. The van der Waals surface area contributed by atoms with Gasteiger partial charge in [0, 0.05) is 18.6 Å². The van der Waals surface area contributed by atoms with Crippen molar-refractivity contribution in [3.8, 4) is 0 Å². The molecule has 0 aliphatic heterocycles. The average Bonchev–Trinajstić information content (AvgIpc) is 2.84. The van der Waals surface area contributed by atoms with Crippen LogP contribution in [0.3, 0.4) is 0 Å². The molecule has 2 N–H and O–H groups in total. The van der Waals surface area contributed by atoms with Crippen LogP contribution < -0.4 is 5.32 Å². The third kappa shape index (κ3) is 2.95. The van der Waals surface area contributed by atoms with Crippen LogP contribution in [0.4, 0.5) is 18.9 Å². The van der Waals surface area contributed by atoms with Crippen LogP contribution in [-0.4, -0.2) is 21.1 Å². The second kappa shape index (κ2) is 5.72. The summed E-state index contributed by atoms with van der Waals surface area (Å²) in [6.45, 7) is 1.92. The highest BCUT2D eigenvalue weighted by Gasteiger charge is 2.17. The summed E-state index contributed by atoms with van der Waals surface area (Å²) >= 11 is 0. The molecular weight excluding hydrogens is 273 g/mol. The summed E-state index contributed by atoms with van der Waals surface area (Å²) < 4.78 is 39.3. The van der Waals surface area contributed by atoms with E-state index in [0.29, 0.717) is 24.4 Å². The normalized spacial score (nSPS) is 10.6. The molecule has 1 heterocycles. The molecule has 1 amide bonds. The number of amides is 1. The second-order valence-electron chi connectivity index (χ2n) is 4.06. The quantitative estimate of drug-likeness (QED) is 0.847. The maximum atomic E-state index is 13.4. The van der Waals surface area contributed by atoms with Crippen molar-refractivity contribution >= 4 is 11.6 Å². The standard InChI is InChI=1S/C12H11F3N4O/c1-2-3-9-17-11(19-18-9)12(20)16-8-5-6(13)4-7(14)10(8)15/h4-5H,2-3H2,1H3,(H,16,20)(H,17,18,19). The zero-order valence-corrected chi connectivity index (χ0v) is 10.5. The number of carbonyl (C=O) groups excluding carboxylic acids is 1. The molecule has 0 unspecified atom stereocenters. The largest absolute Gasteiger partial charge is 0.316 e. The zero-order valence-electron chi connectivity index (χ0n) is 10.5. The van der Waals surface area contributed by atoms with Crippen molar-refractivity contribution < 1.29 is 18.0 Å². The molecule has 0 aliphatic carbocycles. The predicted molar refractivity (Wildman–Crippen MR) is 64.6 cm³/mol.